The smallest absolute Gasteiger partial charge is 0.311 e. The van der Waals surface area contributed by atoms with E-state index in [1.165, 1.54) is 6.33 Å². The molecule has 3 rings (SSSR count). The topological polar surface area (TPSA) is 57.0 Å². The summed E-state index contributed by atoms with van der Waals surface area (Å²) in [6, 6.07) is 7.63. The number of benzene rings is 1. The van der Waals surface area contributed by atoms with Crippen molar-refractivity contribution in [2.24, 2.45) is 7.05 Å². The van der Waals surface area contributed by atoms with Crippen molar-refractivity contribution in [3.8, 4) is 5.75 Å². The molecular formula is C16H15N3O2. The number of hydrogen-bond acceptors (Lipinski definition) is 4. The number of rotatable bonds is 4. The van der Waals surface area contributed by atoms with Gasteiger partial charge in [0.25, 0.3) is 0 Å². The van der Waals surface area contributed by atoms with Crippen LogP contribution in [-0.2, 0) is 18.3 Å². The van der Waals surface area contributed by atoms with Crippen LogP contribution in [0.4, 0.5) is 0 Å². The predicted molar refractivity (Wildman–Crippen MR) is 78.9 cm³/mol. The van der Waals surface area contributed by atoms with E-state index in [2.05, 4.69) is 9.97 Å². The van der Waals surface area contributed by atoms with Crippen LogP contribution < -0.4 is 4.74 Å². The third-order valence-electron chi connectivity index (χ3n) is 3.32. The van der Waals surface area contributed by atoms with Gasteiger partial charge in [-0.15, -0.1) is 0 Å². The molecule has 5 nitrogen and oxygen atoms in total. The second-order valence-electron chi connectivity index (χ2n) is 4.87. The van der Waals surface area contributed by atoms with Gasteiger partial charge in [0, 0.05) is 36.5 Å². The fourth-order valence-electron chi connectivity index (χ4n) is 2.21. The maximum Gasteiger partial charge on any atom is 0.311 e. The van der Waals surface area contributed by atoms with Crippen molar-refractivity contribution in [3.63, 3.8) is 0 Å². The van der Waals surface area contributed by atoms with E-state index in [1.807, 2.05) is 42.1 Å². The summed E-state index contributed by atoms with van der Waals surface area (Å²) >= 11 is 0. The van der Waals surface area contributed by atoms with Crippen molar-refractivity contribution >= 4 is 16.9 Å². The van der Waals surface area contributed by atoms with E-state index in [0.29, 0.717) is 18.6 Å². The van der Waals surface area contributed by atoms with Crippen molar-refractivity contribution in [1.82, 2.24) is 14.5 Å². The van der Waals surface area contributed by atoms with E-state index < -0.39 is 0 Å². The number of ether oxygens (including phenoxy) is 1. The Morgan fingerprint density at radius 1 is 1.24 bits per heavy atom. The molecule has 2 heterocycles. The van der Waals surface area contributed by atoms with E-state index in [4.69, 9.17) is 4.74 Å². The van der Waals surface area contributed by atoms with Gasteiger partial charge in [0.2, 0.25) is 0 Å². The van der Waals surface area contributed by atoms with Crippen LogP contribution in [0.25, 0.3) is 10.9 Å². The van der Waals surface area contributed by atoms with Gasteiger partial charge in [0.1, 0.15) is 12.1 Å². The fourth-order valence-corrected chi connectivity index (χ4v) is 2.21. The SMILES string of the molecule is Cn1ccc2cc(OC(=O)CCc3cncnc3)ccc21. The van der Waals surface area contributed by atoms with Crippen LogP contribution in [0, 0.1) is 0 Å². The Morgan fingerprint density at radius 2 is 2.05 bits per heavy atom. The van der Waals surface area contributed by atoms with Crippen LogP contribution in [0.5, 0.6) is 5.75 Å². The van der Waals surface area contributed by atoms with E-state index in [1.54, 1.807) is 12.4 Å². The maximum atomic E-state index is 11.9. The number of hydrogen-bond donors (Lipinski definition) is 0. The van der Waals surface area contributed by atoms with Crippen LogP contribution in [-0.4, -0.2) is 20.5 Å². The Balaban J connectivity index is 1.63. The molecule has 106 valence electrons. The molecule has 0 saturated carbocycles. The highest BCUT2D eigenvalue weighted by Crippen LogP contribution is 2.21. The van der Waals surface area contributed by atoms with Crippen molar-refractivity contribution in [1.29, 1.82) is 0 Å². The van der Waals surface area contributed by atoms with E-state index in [-0.39, 0.29) is 5.97 Å². The summed E-state index contributed by atoms with van der Waals surface area (Å²) in [5.74, 6) is 0.317. The molecule has 0 saturated heterocycles. The number of esters is 1. The van der Waals surface area contributed by atoms with Crippen molar-refractivity contribution in [3.05, 3.63) is 54.7 Å². The minimum absolute atomic E-state index is 0.255. The molecule has 0 aliphatic carbocycles. The van der Waals surface area contributed by atoms with Crippen molar-refractivity contribution in [2.45, 2.75) is 12.8 Å². The van der Waals surface area contributed by atoms with E-state index >= 15 is 0 Å². The number of aryl methyl sites for hydroxylation is 2. The first kappa shape index (κ1) is 13.3. The molecule has 3 aromatic rings. The summed E-state index contributed by atoms with van der Waals surface area (Å²) in [4.78, 5) is 19.7. The normalized spacial score (nSPS) is 10.7. The molecule has 0 spiro atoms. The highest BCUT2D eigenvalue weighted by atomic mass is 16.5. The fraction of sp³-hybridized carbons (Fsp3) is 0.188. The van der Waals surface area contributed by atoms with E-state index in [9.17, 15) is 4.79 Å². The number of fused-ring (bicyclic) bond motifs is 1. The second kappa shape index (κ2) is 5.75. The summed E-state index contributed by atoms with van der Waals surface area (Å²) < 4.78 is 7.39. The Kier molecular flexibility index (Phi) is 3.64. The monoisotopic (exact) mass is 281 g/mol. The lowest BCUT2D eigenvalue weighted by atomic mass is 10.2. The minimum Gasteiger partial charge on any atom is -0.426 e. The summed E-state index contributed by atoms with van der Waals surface area (Å²) in [5.41, 5.74) is 2.03. The first-order valence-corrected chi connectivity index (χ1v) is 6.72. The zero-order valence-electron chi connectivity index (χ0n) is 11.7. The third-order valence-corrected chi connectivity index (χ3v) is 3.32. The molecule has 0 aliphatic rings. The Labute approximate surface area is 122 Å². The number of aromatic nitrogens is 3. The average Bonchev–Trinajstić information content (AvgIpc) is 2.87. The second-order valence-corrected chi connectivity index (χ2v) is 4.87. The molecule has 0 radical (unpaired) electrons. The highest BCUT2D eigenvalue weighted by molar-refractivity contribution is 5.83. The first-order chi connectivity index (χ1) is 10.2. The zero-order valence-corrected chi connectivity index (χ0v) is 11.7. The van der Waals surface area contributed by atoms with Gasteiger partial charge in [-0.25, -0.2) is 9.97 Å². The highest BCUT2D eigenvalue weighted by Gasteiger charge is 2.07. The Hall–Kier alpha value is -2.69. The molecule has 5 heteroatoms. The van der Waals surface area contributed by atoms with Crippen LogP contribution in [0.15, 0.2) is 49.2 Å². The van der Waals surface area contributed by atoms with Gasteiger partial charge >= 0.3 is 5.97 Å². The predicted octanol–water partition coefficient (Wildman–Crippen LogP) is 2.51. The van der Waals surface area contributed by atoms with Crippen LogP contribution in [0.3, 0.4) is 0 Å². The lowest BCUT2D eigenvalue weighted by Crippen LogP contribution is -2.09. The van der Waals surface area contributed by atoms with Crippen molar-refractivity contribution < 1.29 is 9.53 Å². The number of carbonyl (C=O) groups is 1. The molecule has 0 amide bonds. The van der Waals surface area contributed by atoms with Gasteiger partial charge in [-0.3, -0.25) is 4.79 Å². The van der Waals surface area contributed by atoms with Gasteiger partial charge in [-0.05, 0) is 36.2 Å². The van der Waals surface area contributed by atoms with Crippen LogP contribution in [0.1, 0.15) is 12.0 Å². The van der Waals surface area contributed by atoms with Crippen LogP contribution >= 0.6 is 0 Å². The Morgan fingerprint density at radius 3 is 2.86 bits per heavy atom. The molecule has 0 N–H and O–H groups in total. The maximum absolute atomic E-state index is 11.9. The lowest BCUT2D eigenvalue weighted by Gasteiger charge is -2.05. The molecule has 0 unspecified atom stereocenters. The molecular weight excluding hydrogens is 266 g/mol. The van der Waals surface area contributed by atoms with Crippen LogP contribution in [0.2, 0.25) is 0 Å². The zero-order chi connectivity index (χ0) is 14.7. The average molecular weight is 281 g/mol. The van der Waals surface area contributed by atoms with Gasteiger partial charge in [-0.2, -0.15) is 0 Å². The molecule has 0 atom stereocenters. The molecule has 0 bridgehead atoms. The lowest BCUT2D eigenvalue weighted by molar-refractivity contribution is -0.134. The largest absolute Gasteiger partial charge is 0.426 e. The summed E-state index contributed by atoms with van der Waals surface area (Å²) in [5, 5.41) is 1.05. The third kappa shape index (κ3) is 3.08. The summed E-state index contributed by atoms with van der Waals surface area (Å²) in [7, 11) is 1.98. The molecule has 1 aromatic carbocycles. The van der Waals surface area contributed by atoms with Gasteiger partial charge in [0.05, 0.1) is 6.42 Å². The first-order valence-electron chi connectivity index (χ1n) is 6.72. The van der Waals surface area contributed by atoms with E-state index in [0.717, 1.165) is 16.5 Å². The number of nitrogens with zero attached hydrogens (tertiary/aromatic N) is 3. The molecule has 2 aromatic heterocycles. The molecule has 21 heavy (non-hydrogen) atoms. The van der Waals surface area contributed by atoms with Gasteiger partial charge < -0.3 is 9.30 Å². The quantitative estimate of drug-likeness (QED) is 0.544. The Bertz CT molecular complexity index is 766. The summed E-state index contributed by atoms with van der Waals surface area (Å²) in [6.07, 6.45) is 7.74. The standard InChI is InChI=1S/C16H15N3O2/c1-19-7-6-13-8-14(3-4-15(13)19)21-16(20)5-2-12-9-17-11-18-10-12/h3-4,6-11H,2,5H2,1H3. The minimum atomic E-state index is -0.255. The van der Waals surface area contributed by atoms with Crippen molar-refractivity contribution in [2.75, 3.05) is 0 Å². The van der Waals surface area contributed by atoms with Gasteiger partial charge in [-0.1, -0.05) is 0 Å². The number of carbonyl (C=O) groups excluding carboxylic acids is 1. The molecule has 0 aliphatic heterocycles. The van der Waals surface area contributed by atoms with Gasteiger partial charge in [0.15, 0.2) is 0 Å². The summed E-state index contributed by atoms with van der Waals surface area (Å²) in [6.45, 7) is 0. The molecule has 0 fully saturated rings.